The minimum atomic E-state index is -3.56. The Morgan fingerprint density at radius 3 is 2.60 bits per heavy atom. The topological polar surface area (TPSA) is 110 Å². The molecule has 0 atom stereocenters. The number of benzene rings is 2. The molecule has 0 saturated carbocycles. The van der Waals surface area contributed by atoms with E-state index in [2.05, 4.69) is 0 Å². The number of anilines is 1. The van der Waals surface area contributed by atoms with Crippen LogP contribution in [0.15, 0.2) is 41.3 Å². The minimum Gasteiger partial charge on any atom is -0.483 e. The normalized spacial score (nSPS) is 13.8. The molecule has 10 heteroatoms. The number of nitrogens with two attached hydrogens (primary N) is 1. The number of amides is 2. The number of ether oxygens (including phenoxy) is 1. The lowest BCUT2D eigenvalue weighted by Crippen LogP contribution is -2.39. The Labute approximate surface area is 180 Å². The van der Waals surface area contributed by atoms with E-state index < -0.39 is 15.9 Å². The van der Waals surface area contributed by atoms with Crippen molar-refractivity contribution in [3.63, 3.8) is 0 Å². The van der Waals surface area contributed by atoms with Gasteiger partial charge in [0.25, 0.3) is 11.8 Å². The van der Waals surface area contributed by atoms with Gasteiger partial charge in [0.15, 0.2) is 6.61 Å². The molecule has 30 heavy (non-hydrogen) atoms. The number of primary amides is 1. The molecule has 0 fully saturated rings. The van der Waals surface area contributed by atoms with Crippen molar-refractivity contribution < 1.29 is 22.7 Å². The molecule has 0 spiro atoms. The van der Waals surface area contributed by atoms with E-state index in [1.54, 1.807) is 17.0 Å². The van der Waals surface area contributed by atoms with Crippen LogP contribution in [0.25, 0.3) is 0 Å². The maximum Gasteiger partial charge on any atom is 0.264 e. The Hall–Kier alpha value is -2.62. The molecule has 1 aliphatic heterocycles. The number of carbonyl (C=O) groups excluding carboxylic acids is 2. The first-order valence-electron chi connectivity index (χ1n) is 9.19. The summed E-state index contributed by atoms with van der Waals surface area (Å²) >= 11 is 5.88. The first-order valence-corrected chi connectivity index (χ1v) is 11.0. The minimum absolute atomic E-state index is 0.0906. The molecule has 2 aromatic rings. The van der Waals surface area contributed by atoms with Gasteiger partial charge in [-0.15, -0.1) is 0 Å². The summed E-state index contributed by atoms with van der Waals surface area (Å²) < 4.78 is 31.5. The van der Waals surface area contributed by atoms with Crippen molar-refractivity contribution in [2.75, 3.05) is 32.1 Å². The van der Waals surface area contributed by atoms with Crippen LogP contribution in [0.1, 0.15) is 22.3 Å². The molecule has 3 rings (SSSR count). The molecule has 0 aliphatic carbocycles. The number of rotatable bonds is 6. The summed E-state index contributed by atoms with van der Waals surface area (Å²) in [4.78, 5) is 26.1. The van der Waals surface area contributed by atoms with E-state index in [1.807, 2.05) is 0 Å². The molecule has 0 radical (unpaired) electrons. The lowest BCUT2D eigenvalue weighted by atomic mass is 10.0. The van der Waals surface area contributed by atoms with Crippen molar-refractivity contribution in [2.24, 2.45) is 5.73 Å². The Bertz CT molecular complexity index is 1100. The molecule has 0 unspecified atom stereocenters. The van der Waals surface area contributed by atoms with Crippen LogP contribution < -0.4 is 15.4 Å². The summed E-state index contributed by atoms with van der Waals surface area (Å²) in [6.07, 6.45) is 1.36. The molecular weight excluding hydrogens is 430 g/mol. The fraction of sp³-hybridized carbons (Fsp3) is 0.300. The molecule has 8 nitrogen and oxygen atoms in total. The van der Waals surface area contributed by atoms with E-state index in [0.29, 0.717) is 30.1 Å². The van der Waals surface area contributed by atoms with Gasteiger partial charge < -0.3 is 15.4 Å². The molecular formula is C20H22ClN3O5S. The van der Waals surface area contributed by atoms with Gasteiger partial charge in [0.2, 0.25) is 10.0 Å². The van der Waals surface area contributed by atoms with Gasteiger partial charge in [-0.25, -0.2) is 12.7 Å². The Kier molecular flexibility index (Phi) is 6.35. The van der Waals surface area contributed by atoms with Crippen molar-refractivity contribution in [1.82, 2.24) is 4.31 Å². The van der Waals surface area contributed by atoms with Crippen LogP contribution in [-0.2, 0) is 21.2 Å². The molecule has 2 amide bonds. The fourth-order valence-corrected chi connectivity index (χ4v) is 4.37. The van der Waals surface area contributed by atoms with Crippen LogP contribution in [0.5, 0.6) is 5.75 Å². The van der Waals surface area contributed by atoms with Gasteiger partial charge in [0.1, 0.15) is 5.75 Å². The van der Waals surface area contributed by atoms with Crippen molar-refractivity contribution in [2.45, 2.75) is 17.7 Å². The first kappa shape index (κ1) is 22.1. The van der Waals surface area contributed by atoms with Gasteiger partial charge in [0.05, 0.1) is 10.5 Å². The third-order valence-corrected chi connectivity index (χ3v) is 6.85. The summed E-state index contributed by atoms with van der Waals surface area (Å²) in [5.41, 5.74) is 6.86. The SMILES string of the molecule is CN(C)S(=O)(=O)c1ccc2c(c1)CCCN2C(=O)COc1ccc(Cl)cc1C(N)=O. The Balaban J connectivity index is 1.81. The van der Waals surface area contributed by atoms with Crippen LogP contribution in [0.4, 0.5) is 5.69 Å². The van der Waals surface area contributed by atoms with E-state index in [9.17, 15) is 18.0 Å². The standard InChI is InChI=1S/C20H22ClN3O5S/c1-23(2)30(27,28)15-6-7-17-13(10-15)4-3-9-24(17)19(25)12-29-18-8-5-14(21)11-16(18)20(22)26/h5-8,10-11H,3-4,9,12H2,1-2H3,(H2,22,26). The summed E-state index contributed by atoms with van der Waals surface area (Å²) in [6.45, 7) is 0.178. The van der Waals surface area contributed by atoms with E-state index in [0.717, 1.165) is 9.87 Å². The fourth-order valence-electron chi connectivity index (χ4n) is 3.24. The molecule has 1 aliphatic rings. The van der Waals surface area contributed by atoms with Crippen molar-refractivity contribution in [3.05, 3.63) is 52.5 Å². The Morgan fingerprint density at radius 1 is 1.20 bits per heavy atom. The number of fused-ring (bicyclic) bond motifs is 1. The van der Waals surface area contributed by atoms with Gasteiger partial charge in [-0.3, -0.25) is 9.59 Å². The van der Waals surface area contributed by atoms with Crippen molar-refractivity contribution >= 4 is 39.1 Å². The van der Waals surface area contributed by atoms with Crippen molar-refractivity contribution in [1.29, 1.82) is 0 Å². The quantitative estimate of drug-likeness (QED) is 0.722. The molecule has 160 valence electrons. The predicted molar refractivity (Wildman–Crippen MR) is 113 cm³/mol. The highest BCUT2D eigenvalue weighted by Gasteiger charge is 2.26. The van der Waals surface area contributed by atoms with Gasteiger partial charge in [-0.2, -0.15) is 0 Å². The average Bonchev–Trinajstić information content (AvgIpc) is 2.71. The summed E-state index contributed by atoms with van der Waals surface area (Å²) in [5.74, 6) is -0.854. The maximum absolute atomic E-state index is 12.8. The van der Waals surface area contributed by atoms with Gasteiger partial charge in [0, 0.05) is 31.4 Å². The monoisotopic (exact) mass is 451 g/mol. The zero-order valence-electron chi connectivity index (χ0n) is 16.6. The number of sulfonamides is 1. The van der Waals surface area contributed by atoms with Crippen LogP contribution >= 0.6 is 11.6 Å². The summed E-state index contributed by atoms with van der Waals surface area (Å²) in [5, 5.41) is 0.330. The number of hydrogen-bond acceptors (Lipinski definition) is 5. The summed E-state index contributed by atoms with van der Waals surface area (Å²) in [7, 11) is -0.618. The van der Waals surface area contributed by atoms with E-state index in [4.69, 9.17) is 22.1 Å². The maximum atomic E-state index is 12.8. The molecule has 0 saturated heterocycles. The molecule has 1 heterocycles. The Morgan fingerprint density at radius 2 is 1.93 bits per heavy atom. The lowest BCUT2D eigenvalue weighted by Gasteiger charge is -2.30. The number of aryl methyl sites for hydroxylation is 1. The predicted octanol–water partition coefficient (Wildman–Crippen LogP) is 2.05. The molecule has 2 aromatic carbocycles. The van der Waals surface area contributed by atoms with Crippen LogP contribution in [0.3, 0.4) is 0 Å². The number of carbonyl (C=O) groups is 2. The molecule has 0 aromatic heterocycles. The number of nitrogens with zero attached hydrogens (tertiary/aromatic N) is 2. The van der Waals surface area contributed by atoms with Gasteiger partial charge in [-0.1, -0.05) is 11.6 Å². The average molecular weight is 452 g/mol. The highest BCUT2D eigenvalue weighted by molar-refractivity contribution is 7.89. The third-order valence-electron chi connectivity index (χ3n) is 4.81. The zero-order valence-corrected chi connectivity index (χ0v) is 18.2. The molecule has 2 N–H and O–H groups in total. The second-order valence-corrected chi connectivity index (χ2v) is 9.61. The van der Waals surface area contributed by atoms with E-state index >= 15 is 0 Å². The first-order chi connectivity index (χ1) is 14.1. The molecule has 0 bridgehead atoms. The zero-order chi connectivity index (χ0) is 22.1. The second-order valence-electron chi connectivity index (χ2n) is 7.02. The highest BCUT2D eigenvalue weighted by Crippen LogP contribution is 2.30. The van der Waals surface area contributed by atoms with Gasteiger partial charge in [-0.05, 0) is 54.8 Å². The second kappa shape index (κ2) is 8.63. The third kappa shape index (κ3) is 4.43. The largest absolute Gasteiger partial charge is 0.483 e. The number of halogens is 1. The number of hydrogen-bond donors (Lipinski definition) is 1. The smallest absolute Gasteiger partial charge is 0.264 e. The van der Waals surface area contributed by atoms with Crippen molar-refractivity contribution in [3.8, 4) is 5.75 Å². The summed E-state index contributed by atoms with van der Waals surface area (Å²) in [6, 6.07) is 9.14. The highest BCUT2D eigenvalue weighted by atomic mass is 35.5. The van der Waals surface area contributed by atoms with Crippen LogP contribution in [0, 0.1) is 0 Å². The van der Waals surface area contributed by atoms with E-state index in [1.165, 1.54) is 38.4 Å². The van der Waals surface area contributed by atoms with Crippen LogP contribution in [0.2, 0.25) is 5.02 Å². The lowest BCUT2D eigenvalue weighted by molar-refractivity contribution is -0.120. The van der Waals surface area contributed by atoms with Crippen LogP contribution in [-0.4, -0.2) is 51.8 Å². The van der Waals surface area contributed by atoms with E-state index in [-0.39, 0.29) is 28.7 Å². The van der Waals surface area contributed by atoms with Gasteiger partial charge >= 0.3 is 0 Å².